The Labute approximate surface area is 127 Å². The summed E-state index contributed by atoms with van der Waals surface area (Å²) in [7, 11) is -3.55. The molecular formula is C14H27N3O3S. The van der Waals surface area contributed by atoms with E-state index >= 15 is 0 Å². The van der Waals surface area contributed by atoms with E-state index in [-0.39, 0.29) is 17.5 Å². The monoisotopic (exact) mass is 317 g/mol. The largest absolute Gasteiger partial charge is 0.396 e. The molecule has 2 N–H and O–H groups in total. The Bertz CT molecular complexity index is 552. The number of rotatable bonds is 9. The van der Waals surface area contributed by atoms with E-state index in [0.29, 0.717) is 24.4 Å². The molecule has 122 valence electrons. The van der Waals surface area contributed by atoms with E-state index in [1.807, 2.05) is 6.92 Å². The summed E-state index contributed by atoms with van der Waals surface area (Å²) >= 11 is 0. The van der Waals surface area contributed by atoms with Crippen molar-refractivity contribution < 1.29 is 13.5 Å². The van der Waals surface area contributed by atoms with Gasteiger partial charge in [0, 0.05) is 19.2 Å². The number of hydrogen-bond acceptors (Lipinski definition) is 4. The normalized spacial score (nSPS) is 13.6. The van der Waals surface area contributed by atoms with Crippen LogP contribution in [-0.4, -0.2) is 36.0 Å². The van der Waals surface area contributed by atoms with Gasteiger partial charge in [-0.15, -0.1) is 0 Å². The first kappa shape index (κ1) is 18.1. The van der Waals surface area contributed by atoms with Gasteiger partial charge in [0.15, 0.2) is 0 Å². The Balaban J connectivity index is 2.95. The number of unbranched alkanes of at least 4 members (excludes halogenated alkanes) is 1. The van der Waals surface area contributed by atoms with E-state index in [4.69, 9.17) is 5.11 Å². The number of sulfonamides is 1. The molecule has 0 aliphatic carbocycles. The highest BCUT2D eigenvalue weighted by Gasteiger charge is 2.25. The second kappa shape index (κ2) is 7.91. The molecule has 1 aromatic heterocycles. The van der Waals surface area contributed by atoms with Gasteiger partial charge in [0.2, 0.25) is 10.0 Å². The Morgan fingerprint density at radius 2 is 2.00 bits per heavy atom. The van der Waals surface area contributed by atoms with Gasteiger partial charge in [-0.25, -0.2) is 13.1 Å². The van der Waals surface area contributed by atoms with Gasteiger partial charge < -0.3 is 5.11 Å². The number of aryl methyl sites for hydroxylation is 2. The highest BCUT2D eigenvalue weighted by atomic mass is 32.2. The first-order valence-corrected chi connectivity index (χ1v) is 8.99. The van der Waals surface area contributed by atoms with Crippen molar-refractivity contribution in [2.24, 2.45) is 0 Å². The number of aliphatic hydroxyl groups excluding tert-OH is 1. The molecule has 7 heteroatoms. The molecule has 1 atom stereocenters. The van der Waals surface area contributed by atoms with E-state index in [2.05, 4.69) is 16.7 Å². The summed E-state index contributed by atoms with van der Waals surface area (Å²) in [5.74, 6) is 0. The number of aromatic nitrogens is 2. The van der Waals surface area contributed by atoms with Crippen LogP contribution in [0.5, 0.6) is 0 Å². The van der Waals surface area contributed by atoms with Crippen LogP contribution in [0.2, 0.25) is 0 Å². The zero-order valence-electron chi connectivity index (χ0n) is 13.4. The second-order valence-electron chi connectivity index (χ2n) is 5.46. The van der Waals surface area contributed by atoms with Crippen molar-refractivity contribution >= 4 is 10.0 Å². The fraction of sp³-hybridized carbons (Fsp3) is 0.786. The van der Waals surface area contributed by atoms with Crippen LogP contribution in [0.1, 0.15) is 50.9 Å². The van der Waals surface area contributed by atoms with E-state index in [1.54, 1.807) is 18.5 Å². The van der Waals surface area contributed by atoms with Crippen molar-refractivity contribution in [2.45, 2.75) is 70.9 Å². The molecule has 0 saturated heterocycles. The lowest BCUT2D eigenvalue weighted by Crippen LogP contribution is -2.33. The Kier molecular flexibility index (Phi) is 6.83. The third kappa shape index (κ3) is 4.79. The lowest BCUT2D eigenvalue weighted by molar-refractivity contribution is 0.276. The number of nitrogens with zero attached hydrogens (tertiary/aromatic N) is 2. The summed E-state index contributed by atoms with van der Waals surface area (Å²) < 4.78 is 29.4. The summed E-state index contributed by atoms with van der Waals surface area (Å²) in [4.78, 5) is 0.267. The van der Waals surface area contributed by atoms with Crippen LogP contribution in [0, 0.1) is 13.8 Å². The van der Waals surface area contributed by atoms with Gasteiger partial charge in [-0.2, -0.15) is 5.10 Å². The third-order valence-corrected chi connectivity index (χ3v) is 5.30. The van der Waals surface area contributed by atoms with Gasteiger partial charge in [0.05, 0.1) is 11.4 Å². The molecule has 0 amide bonds. The zero-order chi connectivity index (χ0) is 16.0. The van der Waals surface area contributed by atoms with Gasteiger partial charge in [-0.1, -0.05) is 19.8 Å². The Morgan fingerprint density at radius 1 is 1.33 bits per heavy atom. The van der Waals surface area contributed by atoms with E-state index in [1.165, 1.54) is 0 Å². The van der Waals surface area contributed by atoms with E-state index in [9.17, 15) is 8.42 Å². The van der Waals surface area contributed by atoms with Gasteiger partial charge in [0.25, 0.3) is 0 Å². The molecule has 1 unspecified atom stereocenters. The summed E-state index contributed by atoms with van der Waals surface area (Å²) in [6.45, 7) is 8.00. The Morgan fingerprint density at radius 3 is 2.57 bits per heavy atom. The molecule has 0 aromatic carbocycles. The van der Waals surface area contributed by atoms with Crippen molar-refractivity contribution in [1.82, 2.24) is 14.5 Å². The molecule has 1 rings (SSSR count). The van der Waals surface area contributed by atoms with Gasteiger partial charge in [-0.3, -0.25) is 4.68 Å². The van der Waals surface area contributed by atoms with E-state index < -0.39 is 10.0 Å². The fourth-order valence-electron chi connectivity index (χ4n) is 2.40. The molecule has 21 heavy (non-hydrogen) atoms. The second-order valence-corrected chi connectivity index (χ2v) is 7.12. The maximum Gasteiger partial charge on any atom is 0.244 e. The zero-order valence-corrected chi connectivity index (χ0v) is 14.2. The van der Waals surface area contributed by atoms with Crippen LogP contribution < -0.4 is 4.72 Å². The average molecular weight is 317 g/mol. The SMILES string of the molecule is CCCCC(C)NS(=O)(=O)c1c(C)nn(CCCO)c1C. The highest BCUT2D eigenvalue weighted by Crippen LogP contribution is 2.20. The summed E-state index contributed by atoms with van der Waals surface area (Å²) in [6, 6.07) is -0.0884. The molecule has 0 saturated carbocycles. The molecule has 0 radical (unpaired) electrons. The van der Waals surface area contributed by atoms with Crippen LogP contribution in [0.3, 0.4) is 0 Å². The maximum atomic E-state index is 12.5. The molecule has 1 heterocycles. The number of hydrogen-bond donors (Lipinski definition) is 2. The molecule has 0 aliphatic rings. The van der Waals surface area contributed by atoms with Crippen LogP contribution in [0.15, 0.2) is 4.90 Å². The smallest absolute Gasteiger partial charge is 0.244 e. The lowest BCUT2D eigenvalue weighted by Gasteiger charge is -2.14. The molecular weight excluding hydrogens is 290 g/mol. The molecule has 0 aliphatic heterocycles. The minimum absolute atomic E-state index is 0.0622. The van der Waals surface area contributed by atoms with E-state index in [0.717, 1.165) is 19.3 Å². The van der Waals surface area contributed by atoms with Gasteiger partial charge >= 0.3 is 0 Å². The lowest BCUT2D eigenvalue weighted by atomic mass is 10.2. The topological polar surface area (TPSA) is 84.2 Å². The maximum absolute atomic E-state index is 12.5. The van der Waals surface area contributed by atoms with Crippen LogP contribution in [0.25, 0.3) is 0 Å². The molecule has 0 fully saturated rings. The summed E-state index contributed by atoms with van der Waals surface area (Å²) in [5, 5.41) is 13.2. The first-order chi connectivity index (χ1) is 9.83. The molecule has 1 aromatic rings. The molecule has 6 nitrogen and oxygen atoms in total. The van der Waals surface area contributed by atoms with Crippen LogP contribution >= 0.6 is 0 Å². The van der Waals surface area contributed by atoms with Crippen molar-refractivity contribution in [1.29, 1.82) is 0 Å². The predicted molar refractivity (Wildman–Crippen MR) is 82.7 cm³/mol. The number of nitrogens with one attached hydrogen (secondary N) is 1. The minimum atomic E-state index is -3.55. The Hall–Kier alpha value is -0.920. The van der Waals surface area contributed by atoms with Gasteiger partial charge in [-0.05, 0) is 33.6 Å². The highest BCUT2D eigenvalue weighted by molar-refractivity contribution is 7.89. The van der Waals surface area contributed by atoms with Crippen LogP contribution in [0.4, 0.5) is 0 Å². The van der Waals surface area contributed by atoms with Crippen molar-refractivity contribution in [2.75, 3.05) is 6.61 Å². The average Bonchev–Trinajstić information content (AvgIpc) is 2.68. The minimum Gasteiger partial charge on any atom is -0.396 e. The first-order valence-electron chi connectivity index (χ1n) is 7.50. The predicted octanol–water partition coefficient (Wildman–Crippen LogP) is 1.74. The van der Waals surface area contributed by atoms with Crippen molar-refractivity contribution in [3.05, 3.63) is 11.4 Å². The summed E-state index contributed by atoms with van der Waals surface area (Å²) in [5.41, 5.74) is 1.12. The number of aliphatic hydroxyl groups is 1. The van der Waals surface area contributed by atoms with Crippen LogP contribution in [-0.2, 0) is 16.6 Å². The van der Waals surface area contributed by atoms with Gasteiger partial charge in [0.1, 0.15) is 4.90 Å². The van der Waals surface area contributed by atoms with Crippen molar-refractivity contribution in [3.63, 3.8) is 0 Å². The third-order valence-electron chi connectivity index (χ3n) is 3.46. The summed E-state index contributed by atoms with van der Waals surface area (Å²) in [6.07, 6.45) is 3.43. The molecule has 0 bridgehead atoms. The standard InChI is InChI=1S/C14H27N3O3S/c1-5-6-8-11(2)16-21(19,20)14-12(3)15-17(13(14)4)9-7-10-18/h11,16,18H,5-10H2,1-4H3. The fourth-order valence-corrected chi connectivity index (χ4v) is 4.09. The molecule has 0 spiro atoms. The van der Waals surface area contributed by atoms with Crippen molar-refractivity contribution in [3.8, 4) is 0 Å². The quantitative estimate of drug-likeness (QED) is 0.726.